The van der Waals surface area contributed by atoms with Crippen LogP contribution in [0.25, 0.3) is 0 Å². The lowest BCUT2D eigenvalue weighted by Crippen LogP contribution is -2.46. The Balaban J connectivity index is 1.71. The number of piperazine rings is 1. The molecule has 0 bridgehead atoms. The summed E-state index contributed by atoms with van der Waals surface area (Å²) < 4.78 is 10.5. The number of hydrogen-bond donors (Lipinski definition) is 1. The smallest absolute Gasteiger partial charge is 0.259 e. The van der Waals surface area contributed by atoms with Crippen molar-refractivity contribution in [2.75, 3.05) is 57.2 Å². The Labute approximate surface area is 165 Å². The maximum absolute atomic E-state index is 12.7. The number of carbonyl (C=O) groups excluding carboxylic acids is 1. The van der Waals surface area contributed by atoms with Gasteiger partial charge >= 0.3 is 0 Å². The van der Waals surface area contributed by atoms with Gasteiger partial charge in [0, 0.05) is 44.1 Å². The van der Waals surface area contributed by atoms with E-state index in [0.29, 0.717) is 34.4 Å². The molecule has 1 amide bonds. The monoisotopic (exact) mass is 385 g/mol. The summed E-state index contributed by atoms with van der Waals surface area (Å²) in [6, 6.07) is 5.22. The highest BCUT2D eigenvalue weighted by atomic mass is 16.5. The van der Waals surface area contributed by atoms with E-state index in [4.69, 9.17) is 9.47 Å². The maximum atomic E-state index is 12.7. The lowest BCUT2D eigenvalue weighted by molar-refractivity contribution is 0.102. The number of aromatic nitrogens is 2. The lowest BCUT2D eigenvalue weighted by Gasteiger charge is -2.34. The second-order valence-corrected chi connectivity index (χ2v) is 6.61. The van der Waals surface area contributed by atoms with Crippen LogP contribution in [0.2, 0.25) is 0 Å². The van der Waals surface area contributed by atoms with Crippen LogP contribution < -0.4 is 19.7 Å². The van der Waals surface area contributed by atoms with Gasteiger partial charge in [-0.3, -0.25) is 4.79 Å². The van der Waals surface area contributed by atoms with E-state index < -0.39 is 0 Å². The van der Waals surface area contributed by atoms with E-state index in [9.17, 15) is 4.79 Å². The van der Waals surface area contributed by atoms with Crippen LogP contribution >= 0.6 is 0 Å². The van der Waals surface area contributed by atoms with Crippen LogP contribution in [0, 0.1) is 6.92 Å². The van der Waals surface area contributed by atoms with Gasteiger partial charge in [-0.2, -0.15) is 0 Å². The van der Waals surface area contributed by atoms with E-state index in [0.717, 1.165) is 32.7 Å². The molecule has 1 aromatic carbocycles. The third kappa shape index (κ3) is 4.33. The van der Waals surface area contributed by atoms with Crippen LogP contribution in [-0.2, 0) is 0 Å². The fourth-order valence-corrected chi connectivity index (χ4v) is 3.21. The molecule has 2 aromatic rings. The van der Waals surface area contributed by atoms with Gasteiger partial charge in [0.2, 0.25) is 5.95 Å². The van der Waals surface area contributed by atoms with Gasteiger partial charge in [0.15, 0.2) is 11.5 Å². The van der Waals surface area contributed by atoms with Gasteiger partial charge < -0.3 is 24.6 Å². The summed E-state index contributed by atoms with van der Waals surface area (Å²) in [6.07, 6.45) is 1.60. The molecule has 150 valence electrons. The van der Waals surface area contributed by atoms with Gasteiger partial charge in [0.1, 0.15) is 0 Å². The van der Waals surface area contributed by atoms with Crippen molar-refractivity contribution < 1.29 is 14.3 Å². The minimum atomic E-state index is -0.257. The molecule has 1 saturated heterocycles. The zero-order chi connectivity index (χ0) is 20.1. The molecule has 0 unspecified atom stereocenters. The summed E-state index contributed by atoms with van der Waals surface area (Å²) in [5, 5.41) is 2.86. The highest BCUT2D eigenvalue weighted by molar-refractivity contribution is 6.05. The first-order chi connectivity index (χ1) is 13.5. The second-order valence-electron chi connectivity index (χ2n) is 6.61. The summed E-state index contributed by atoms with van der Waals surface area (Å²) in [5.41, 5.74) is 1.72. The number of rotatable bonds is 6. The predicted octanol–water partition coefficient (Wildman–Crippen LogP) is 2.20. The Kier molecular flexibility index (Phi) is 6.30. The van der Waals surface area contributed by atoms with Gasteiger partial charge in [-0.15, -0.1) is 0 Å². The molecule has 8 nitrogen and oxygen atoms in total. The zero-order valence-electron chi connectivity index (χ0n) is 16.9. The number of nitrogens with one attached hydrogen (secondary N) is 1. The molecule has 0 radical (unpaired) electrons. The van der Waals surface area contributed by atoms with Gasteiger partial charge in [0.25, 0.3) is 5.91 Å². The summed E-state index contributed by atoms with van der Waals surface area (Å²) in [7, 11) is 3.13. The van der Waals surface area contributed by atoms with Crippen LogP contribution in [0.4, 0.5) is 11.6 Å². The molecule has 0 saturated carbocycles. The first-order valence-corrected chi connectivity index (χ1v) is 9.40. The largest absolute Gasteiger partial charge is 0.493 e. The molecule has 8 heteroatoms. The van der Waals surface area contributed by atoms with E-state index in [1.807, 2.05) is 6.92 Å². The molecule has 1 aromatic heterocycles. The third-order valence-corrected chi connectivity index (χ3v) is 4.95. The third-order valence-electron chi connectivity index (χ3n) is 4.95. The van der Waals surface area contributed by atoms with Crippen LogP contribution in [0.1, 0.15) is 23.0 Å². The highest BCUT2D eigenvalue weighted by Crippen LogP contribution is 2.30. The number of benzene rings is 1. The van der Waals surface area contributed by atoms with Crippen LogP contribution in [0.15, 0.2) is 24.4 Å². The Morgan fingerprint density at radius 1 is 1.14 bits per heavy atom. The molecule has 0 aliphatic carbocycles. The quantitative estimate of drug-likeness (QED) is 0.816. The van der Waals surface area contributed by atoms with Crippen molar-refractivity contribution in [2.45, 2.75) is 13.8 Å². The molecule has 1 fully saturated rings. The Hall–Kier alpha value is -2.87. The number of nitrogens with zero attached hydrogens (tertiary/aromatic N) is 4. The van der Waals surface area contributed by atoms with E-state index >= 15 is 0 Å². The Morgan fingerprint density at radius 2 is 1.86 bits per heavy atom. The number of aryl methyl sites for hydroxylation is 1. The normalized spacial score (nSPS) is 14.6. The molecular weight excluding hydrogens is 358 g/mol. The van der Waals surface area contributed by atoms with Crippen molar-refractivity contribution in [1.29, 1.82) is 0 Å². The summed E-state index contributed by atoms with van der Waals surface area (Å²) in [5.74, 6) is 1.57. The van der Waals surface area contributed by atoms with Crippen molar-refractivity contribution in [3.05, 3.63) is 35.7 Å². The SMILES string of the molecule is CCN1CCN(c2ncc(C(=O)Nc3ccc(OC)c(OC)c3)c(C)n2)CC1. The standard InChI is InChI=1S/C20H27N5O3/c1-5-24-8-10-25(11-9-24)20-21-13-16(14(2)22-20)19(26)23-15-6-7-17(27-3)18(12-15)28-4/h6-7,12-13H,5,8-11H2,1-4H3,(H,23,26). The summed E-state index contributed by atoms with van der Waals surface area (Å²) >= 11 is 0. The van der Waals surface area contributed by atoms with E-state index in [-0.39, 0.29) is 5.91 Å². The molecule has 3 rings (SSSR count). The molecule has 28 heavy (non-hydrogen) atoms. The summed E-state index contributed by atoms with van der Waals surface area (Å²) in [6.45, 7) is 8.85. The summed E-state index contributed by atoms with van der Waals surface area (Å²) in [4.78, 5) is 26.2. The number of ether oxygens (including phenoxy) is 2. The van der Waals surface area contributed by atoms with Crippen molar-refractivity contribution in [2.24, 2.45) is 0 Å². The topological polar surface area (TPSA) is 79.8 Å². The van der Waals surface area contributed by atoms with Crippen molar-refractivity contribution in [1.82, 2.24) is 14.9 Å². The van der Waals surface area contributed by atoms with E-state index in [1.165, 1.54) is 0 Å². The minimum absolute atomic E-state index is 0.257. The first-order valence-electron chi connectivity index (χ1n) is 9.40. The number of amides is 1. The average Bonchev–Trinajstić information content (AvgIpc) is 2.73. The van der Waals surface area contributed by atoms with Gasteiger partial charge in [-0.1, -0.05) is 6.92 Å². The molecule has 1 aliphatic heterocycles. The van der Waals surface area contributed by atoms with E-state index in [2.05, 4.69) is 32.0 Å². The molecule has 0 atom stereocenters. The van der Waals surface area contributed by atoms with Gasteiger partial charge in [-0.25, -0.2) is 9.97 Å². The Morgan fingerprint density at radius 3 is 2.46 bits per heavy atom. The van der Waals surface area contributed by atoms with Gasteiger partial charge in [0.05, 0.1) is 25.5 Å². The van der Waals surface area contributed by atoms with Gasteiger partial charge in [-0.05, 0) is 25.6 Å². The number of likely N-dealkylation sites (N-methyl/N-ethyl adjacent to an activating group) is 1. The number of anilines is 2. The predicted molar refractivity (Wildman–Crippen MR) is 109 cm³/mol. The molecular formula is C20H27N5O3. The Bertz CT molecular complexity index is 835. The van der Waals surface area contributed by atoms with Crippen LogP contribution in [0.3, 0.4) is 0 Å². The van der Waals surface area contributed by atoms with Crippen molar-refractivity contribution in [3.63, 3.8) is 0 Å². The molecule has 1 aliphatic rings. The number of carbonyl (C=O) groups is 1. The van der Waals surface area contributed by atoms with Crippen molar-refractivity contribution >= 4 is 17.5 Å². The zero-order valence-corrected chi connectivity index (χ0v) is 16.9. The molecule has 0 spiro atoms. The average molecular weight is 385 g/mol. The van der Waals surface area contributed by atoms with E-state index in [1.54, 1.807) is 38.6 Å². The van der Waals surface area contributed by atoms with Crippen LogP contribution in [-0.4, -0.2) is 67.7 Å². The first kappa shape index (κ1) is 19.9. The van der Waals surface area contributed by atoms with Crippen LogP contribution in [0.5, 0.6) is 11.5 Å². The fraction of sp³-hybridized carbons (Fsp3) is 0.450. The lowest BCUT2D eigenvalue weighted by atomic mass is 10.2. The maximum Gasteiger partial charge on any atom is 0.259 e. The number of hydrogen-bond acceptors (Lipinski definition) is 7. The second kappa shape index (κ2) is 8.88. The van der Waals surface area contributed by atoms with Crippen molar-refractivity contribution in [3.8, 4) is 11.5 Å². The molecule has 2 heterocycles. The molecule has 1 N–H and O–H groups in total. The highest BCUT2D eigenvalue weighted by Gasteiger charge is 2.20. The minimum Gasteiger partial charge on any atom is -0.493 e. The fourth-order valence-electron chi connectivity index (χ4n) is 3.21. The number of methoxy groups -OCH3 is 2.